The maximum Gasteiger partial charge on any atom is -0.00462 e. The van der Waals surface area contributed by atoms with Crippen molar-refractivity contribution in [2.75, 3.05) is 13.1 Å². The molecule has 1 rings (SSSR count). The Labute approximate surface area is 109 Å². The lowest BCUT2D eigenvalue weighted by molar-refractivity contribution is 0.258. The molecule has 0 bridgehead atoms. The summed E-state index contributed by atoms with van der Waals surface area (Å²) >= 11 is 0. The summed E-state index contributed by atoms with van der Waals surface area (Å²) in [7, 11) is 0. The van der Waals surface area contributed by atoms with Gasteiger partial charge in [0, 0.05) is 0 Å². The van der Waals surface area contributed by atoms with E-state index in [9.17, 15) is 0 Å². The van der Waals surface area contributed by atoms with Crippen LogP contribution < -0.4 is 5.32 Å². The second kappa shape index (κ2) is 9.94. The molecule has 1 unspecified atom stereocenters. The first-order valence-corrected chi connectivity index (χ1v) is 8.05. The third-order valence-corrected chi connectivity index (χ3v) is 4.45. The second-order valence-electron chi connectivity index (χ2n) is 5.97. The van der Waals surface area contributed by atoms with Crippen LogP contribution in [-0.2, 0) is 0 Å². The fourth-order valence-electron chi connectivity index (χ4n) is 3.07. The summed E-state index contributed by atoms with van der Waals surface area (Å²) in [5.41, 5.74) is 0. The summed E-state index contributed by atoms with van der Waals surface area (Å²) < 4.78 is 0. The molecular weight excluding hydrogens is 206 g/mol. The van der Waals surface area contributed by atoms with Crippen molar-refractivity contribution < 1.29 is 0 Å². The van der Waals surface area contributed by atoms with E-state index in [4.69, 9.17) is 0 Å². The van der Waals surface area contributed by atoms with Crippen molar-refractivity contribution >= 4 is 0 Å². The molecule has 0 aromatic heterocycles. The molecule has 1 aliphatic rings. The predicted octanol–water partition coefficient (Wildman–Crippen LogP) is 4.76. The Hall–Kier alpha value is -0.0400. The van der Waals surface area contributed by atoms with E-state index < -0.39 is 0 Å². The Kier molecular flexibility index (Phi) is 8.78. The van der Waals surface area contributed by atoms with Gasteiger partial charge in [0.1, 0.15) is 0 Å². The molecule has 0 spiro atoms. The molecule has 1 nitrogen and oxygen atoms in total. The van der Waals surface area contributed by atoms with Gasteiger partial charge >= 0.3 is 0 Å². The van der Waals surface area contributed by atoms with Gasteiger partial charge in [-0.15, -0.1) is 0 Å². The van der Waals surface area contributed by atoms with E-state index in [0.717, 1.165) is 11.8 Å². The minimum atomic E-state index is 0.966. The van der Waals surface area contributed by atoms with Crippen LogP contribution in [0.3, 0.4) is 0 Å². The molecule has 1 aliphatic heterocycles. The van der Waals surface area contributed by atoms with E-state index in [2.05, 4.69) is 19.2 Å². The third-order valence-electron chi connectivity index (χ3n) is 4.45. The molecule has 1 saturated heterocycles. The Morgan fingerprint density at radius 1 is 0.941 bits per heavy atom. The van der Waals surface area contributed by atoms with E-state index in [1.54, 1.807) is 0 Å². The Morgan fingerprint density at radius 3 is 2.18 bits per heavy atom. The molecule has 1 fully saturated rings. The van der Waals surface area contributed by atoms with Gasteiger partial charge in [-0.05, 0) is 37.8 Å². The summed E-state index contributed by atoms with van der Waals surface area (Å²) in [6.45, 7) is 7.28. The SMILES string of the molecule is CCCCCCCCCC(C)C1CCNCC1. The molecule has 1 N–H and O–H groups in total. The van der Waals surface area contributed by atoms with Gasteiger partial charge in [-0.3, -0.25) is 0 Å². The smallest absolute Gasteiger partial charge is 0.00462 e. The lowest BCUT2D eigenvalue weighted by Gasteiger charge is -2.28. The predicted molar refractivity (Wildman–Crippen MR) is 77.4 cm³/mol. The molecule has 0 radical (unpaired) electrons. The molecule has 0 aromatic rings. The van der Waals surface area contributed by atoms with Crippen molar-refractivity contribution in [3.8, 4) is 0 Å². The number of hydrogen-bond acceptors (Lipinski definition) is 1. The molecule has 1 heterocycles. The van der Waals surface area contributed by atoms with Crippen molar-refractivity contribution in [1.29, 1.82) is 0 Å². The van der Waals surface area contributed by atoms with Gasteiger partial charge < -0.3 is 5.32 Å². The quantitative estimate of drug-likeness (QED) is 0.572. The molecule has 0 aliphatic carbocycles. The number of rotatable bonds is 9. The summed E-state index contributed by atoms with van der Waals surface area (Å²) in [6.07, 6.45) is 14.4. The van der Waals surface area contributed by atoms with Crippen LogP contribution in [0.25, 0.3) is 0 Å². The van der Waals surface area contributed by atoms with Crippen LogP contribution >= 0.6 is 0 Å². The molecule has 1 heteroatoms. The van der Waals surface area contributed by atoms with Crippen LogP contribution in [0.1, 0.15) is 78.1 Å². The average Bonchev–Trinajstić information content (AvgIpc) is 2.38. The highest BCUT2D eigenvalue weighted by molar-refractivity contribution is 4.73. The number of hydrogen-bond donors (Lipinski definition) is 1. The fraction of sp³-hybridized carbons (Fsp3) is 1.00. The highest BCUT2D eigenvalue weighted by Gasteiger charge is 2.18. The maximum absolute atomic E-state index is 3.47. The van der Waals surface area contributed by atoms with Crippen LogP contribution in [0, 0.1) is 11.8 Å². The van der Waals surface area contributed by atoms with Gasteiger partial charge in [-0.2, -0.15) is 0 Å². The number of piperidine rings is 1. The summed E-state index contributed by atoms with van der Waals surface area (Å²) in [4.78, 5) is 0. The van der Waals surface area contributed by atoms with Crippen LogP contribution in [0.5, 0.6) is 0 Å². The fourth-order valence-corrected chi connectivity index (χ4v) is 3.07. The van der Waals surface area contributed by atoms with Crippen LogP contribution in [0.4, 0.5) is 0 Å². The highest BCUT2D eigenvalue weighted by Crippen LogP contribution is 2.26. The summed E-state index contributed by atoms with van der Waals surface area (Å²) in [5.74, 6) is 1.98. The zero-order chi connectivity index (χ0) is 12.3. The van der Waals surface area contributed by atoms with Crippen LogP contribution in [-0.4, -0.2) is 13.1 Å². The lowest BCUT2D eigenvalue weighted by atomic mass is 9.83. The van der Waals surface area contributed by atoms with Gasteiger partial charge in [0.25, 0.3) is 0 Å². The third kappa shape index (κ3) is 7.08. The van der Waals surface area contributed by atoms with Crippen LogP contribution in [0.15, 0.2) is 0 Å². The van der Waals surface area contributed by atoms with Crippen molar-refractivity contribution in [2.45, 2.75) is 78.1 Å². The van der Waals surface area contributed by atoms with Crippen molar-refractivity contribution in [1.82, 2.24) is 5.32 Å². The largest absolute Gasteiger partial charge is 0.317 e. The molecule has 0 amide bonds. The first-order valence-electron chi connectivity index (χ1n) is 8.05. The minimum Gasteiger partial charge on any atom is -0.317 e. The van der Waals surface area contributed by atoms with Gasteiger partial charge in [0.2, 0.25) is 0 Å². The molecule has 17 heavy (non-hydrogen) atoms. The molecule has 0 aromatic carbocycles. The van der Waals surface area contributed by atoms with E-state index in [1.807, 2.05) is 0 Å². The molecule has 0 saturated carbocycles. The monoisotopic (exact) mass is 239 g/mol. The molecule has 1 atom stereocenters. The van der Waals surface area contributed by atoms with E-state index in [0.29, 0.717) is 0 Å². The van der Waals surface area contributed by atoms with Gasteiger partial charge in [0.05, 0.1) is 0 Å². The topological polar surface area (TPSA) is 12.0 Å². The zero-order valence-electron chi connectivity index (χ0n) is 12.1. The Bertz CT molecular complexity index is 161. The summed E-state index contributed by atoms with van der Waals surface area (Å²) in [6, 6.07) is 0. The lowest BCUT2D eigenvalue weighted by Crippen LogP contribution is -2.30. The van der Waals surface area contributed by atoms with Gasteiger partial charge in [-0.25, -0.2) is 0 Å². The van der Waals surface area contributed by atoms with Gasteiger partial charge in [0.15, 0.2) is 0 Å². The van der Waals surface area contributed by atoms with Crippen LogP contribution in [0.2, 0.25) is 0 Å². The number of nitrogens with one attached hydrogen (secondary N) is 1. The van der Waals surface area contributed by atoms with E-state index in [1.165, 1.54) is 77.3 Å². The standard InChI is InChI=1S/C16H33N/c1-3-4-5-6-7-8-9-10-15(2)16-11-13-17-14-12-16/h15-17H,3-14H2,1-2H3. The number of unbranched alkanes of at least 4 members (excludes halogenated alkanes) is 6. The normalized spacial score (nSPS) is 19.4. The maximum atomic E-state index is 3.47. The summed E-state index contributed by atoms with van der Waals surface area (Å²) in [5, 5.41) is 3.47. The average molecular weight is 239 g/mol. The first kappa shape index (κ1) is 15.0. The Morgan fingerprint density at radius 2 is 1.53 bits per heavy atom. The Balaban J connectivity index is 1.90. The zero-order valence-corrected chi connectivity index (χ0v) is 12.1. The van der Waals surface area contributed by atoms with Crippen molar-refractivity contribution in [2.24, 2.45) is 11.8 Å². The van der Waals surface area contributed by atoms with E-state index in [-0.39, 0.29) is 0 Å². The van der Waals surface area contributed by atoms with Crippen molar-refractivity contribution in [3.05, 3.63) is 0 Å². The van der Waals surface area contributed by atoms with Crippen molar-refractivity contribution in [3.63, 3.8) is 0 Å². The van der Waals surface area contributed by atoms with Gasteiger partial charge in [-0.1, -0.05) is 65.2 Å². The second-order valence-corrected chi connectivity index (χ2v) is 5.97. The first-order chi connectivity index (χ1) is 8.34. The minimum absolute atomic E-state index is 0.966. The highest BCUT2D eigenvalue weighted by atomic mass is 14.9. The van der Waals surface area contributed by atoms with E-state index >= 15 is 0 Å². The molecule has 102 valence electrons. The molecular formula is C16H33N.